The van der Waals surface area contributed by atoms with Crippen LogP contribution in [0.2, 0.25) is 0 Å². The molecule has 1 amide bonds. The highest BCUT2D eigenvalue weighted by Gasteiger charge is 2.40. The highest BCUT2D eigenvalue weighted by atomic mass is 16.5. The van der Waals surface area contributed by atoms with Crippen LogP contribution in [0.5, 0.6) is 5.75 Å². The van der Waals surface area contributed by atoms with Crippen LogP contribution in [0.3, 0.4) is 0 Å². The fraction of sp³-hybridized carbons (Fsp3) is 0.448. The summed E-state index contributed by atoms with van der Waals surface area (Å²) in [6, 6.07) is 11.2. The molecule has 4 heterocycles. The molecule has 3 aliphatic heterocycles. The number of fused-ring (bicyclic) bond motifs is 2. The van der Waals surface area contributed by atoms with Crippen molar-refractivity contribution in [3.05, 3.63) is 69.1 Å². The van der Waals surface area contributed by atoms with E-state index in [0.717, 1.165) is 65.6 Å². The van der Waals surface area contributed by atoms with Crippen molar-refractivity contribution in [2.24, 2.45) is 0 Å². The number of carbonyl (C=O) groups is 2. The van der Waals surface area contributed by atoms with Crippen molar-refractivity contribution in [1.82, 2.24) is 25.3 Å². The van der Waals surface area contributed by atoms with Crippen molar-refractivity contribution in [3.63, 3.8) is 0 Å². The highest BCUT2D eigenvalue weighted by molar-refractivity contribution is 5.86. The van der Waals surface area contributed by atoms with Gasteiger partial charge in [-0.1, -0.05) is 24.3 Å². The molecule has 0 bridgehead atoms. The molecule has 2 fully saturated rings. The predicted molar refractivity (Wildman–Crippen MR) is 143 cm³/mol. The van der Waals surface area contributed by atoms with Crippen molar-refractivity contribution in [2.75, 3.05) is 39.3 Å². The number of rotatable bonds is 6. The number of aromatic amines is 1. The number of aldehydes is 1. The molecule has 38 heavy (non-hydrogen) atoms. The Balaban J connectivity index is 1.26. The normalized spacial score (nSPS) is 22.3. The largest absolute Gasteiger partial charge is 0.493 e. The van der Waals surface area contributed by atoms with Crippen molar-refractivity contribution in [1.29, 1.82) is 0 Å². The van der Waals surface area contributed by atoms with Crippen LogP contribution in [0.4, 0.5) is 0 Å². The number of benzene rings is 2. The third-order valence-electron chi connectivity index (χ3n) is 8.30. The fourth-order valence-corrected chi connectivity index (χ4v) is 6.21. The SMILES string of the molecule is CC1(C(=O)N2CCN(C(C=O)c3cc(Cc4n[nH]c(=O)c5ccccc45)cc4c3OCC4)CC2)CCCN1. The Morgan fingerprint density at radius 3 is 2.71 bits per heavy atom. The van der Waals surface area contributed by atoms with Crippen LogP contribution in [0.1, 0.15) is 48.2 Å². The van der Waals surface area contributed by atoms with E-state index in [4.69, 9.17) is 4.74 Å². The van der Waals surface area contributed by atoms with E-state index in [9.17, 15) is 14.4 Å². The molecular weight excluding hydrogens is 482 g/mol. The zero-order chi connectivity index (χ0) is 26.3. The summed E-state index contributed by atoms with van der Waals surface area (Å²) in [6.07, 6.45) is 4.18. The van der Waals surface area contributed by atoms with Crippen molar-refractivity contribution < 1.29 is 14.3 Å². The van der Waals surface area contributed by atoms with E-state index >= 15 is 0 Å². The number of H-pyrrole nitrogens is 1. The Morgan fingerprint density at radius 1 is 1.18 bits per heavy atom. The van der Waals surface area contributed by atoms with Gasteiger partial charge >= 0.3 is 0 Å². The van der Waals surface area contributed by atoms with Gasteiger partial charge in [0.15, 0.2) is 0 Å². The second-order valence-electron chi connectivity index (χ2n) is 10.8. The van der Waals surface area contributed by atoms with Gasteiger partial charge in [-0.2, -0.15) is 5.10 Å². The number of ether oxygens (including phenoxy) is 1. The van der Waals surface area contributed by atoms with Gasteiger partial charge in [-0.15, -0.1) is 0 Å². The quantitative estimate of drug-likeness (QED) is 0.484. The average Bonchev–Trinajstić information content (AvgIpc) is 3.61. The van der Waals surface area contributed by atoms with E-state index in [1.165, 1.54) is 0 Å². The molecule has 2 unspecified atom stereocenters. The molecule has 9 nitrogen and oxygen atoms in total. The van der Waals surface area contributed by atoms with Gasteiger partial charge in [0.05, 0.1) is 29.3 Å². The molecule has 2 N–H and O–H groups in total. The van der Waals surface area contributed by atoms with E-state index in [0.29, 0.717) is 44.6 Å². The van der Waals surface area contributed by atoms with Crippen LogP contribution in [0, 0.1) is 0 Å². The number of carbonyl (C=O) groups excluding carboxylic acids is 2. The Bertz CT molecular complexity index is 1440. The van der Waals surface area contributed by atoms with Crippen LogP contribution in [0.15, 0.2) is 41.2 Å². The van der Waals surface area contributed by atoms with E-state index in [1.807, 2.05) is 36.1 Å². The maximum Gasteiger partial charge on any atom is 0.272 e. The Kier molecular flexibility index (Phi) is 6.49. The van der Waals surface area contributed by atoms with Crippen LogP contribution in [-0.2, 0) is 22.4 Å². The van der Waals surface area contributed by atoms with E-state index in [-0.39, 0.29) is 11.5 Å². The van der Waals surface area contributed by atoms with Crippen LogP contribution < -0.4 is 15.6 Å². The molecule has 2 saturated heterocycles. The summed E-state index contributed by atoms with van der Waals surface area (Å²) in [5, 5.41) is 11.8. The number of aromatic nitrogens is 2. The topological polar surface area (TPSA) is 108 Å². The molecular formula is C29H33N5O4. The summed E-state index contributed by atoms with van der Waals surface area (Å²) >= 11 is 0. The molecule has 198 valence electrons. The summed E-state index contributed by atoms with van der Waals surface area (Å²) in [5.41, 5.74) is 3.08. The van der Waals surface area contributed by atoms with Gasteiger partial charge in [-0.25, -0.2) is 5.10 Å². The van der Waals surface area contributed by atoms with Gasteiger partial charge in [0.2, 0.25) is 5.91 Å². The second kappa shape index (κ2) is 9.96. The zero-order valence-corrected chi connectivity index (χ0v) is 21.7. The fourth-order valence-electron chi connectivity index (χ4n) is 6.21. The molecule has 0 radical (unpaired) electrons. The summed E-state index contributed by atoms with van der Waals surface area (Å²) < 4.78 is 6.01. The molecule has 0 spiro atoms. The lowest BCUT2D eigenvalue weighted by molar-refractivity contribution is -0.139. The smallest absolute Gasteiger partial charge is 0.272 e. The molecule has 6 rings (SSSR count). The highest BCUT2D eigenvalue weighted by Crippen LogP contribution is 2.37. The van der Waals surface area contributed by atoms with Gasteiger partial charge in [-0.3, -0.25) is 14.5 Å². The van der Waals surface area contributed by atoms with Crippen molar-refractivity contribution in [3.8, 4) is 5.75 Å². The molecule has 3 aromatic rings. The number of hydrogen-bond donors (Lipinski definition) is 2. The Hall–Kier alpha value is -3.56. The predicted octanol–water partition coefficient (Wildman–Crippen LogP) is 1.98. The van der Waals surface area contributed by atoms with Gasteiger partial charge < -0.3 is 19.7 Å². The maximum absolute atomic E-state index is 13.2. The first kappa shape index (κ1) is 24.8. The summed E-state index contributed by atoms with van der Waals surface area (Å²) in [6.45, 7) is 5.89. The molecule has 2 aromatic carbocycles. The van der Waals surface area contributed by atoms with Gasteiger partial charge in [0.1, 0.15) is 12.0 Å². The number of nitrogens with zero attached hydrogens (tertiary/aromatic N) is 3. The third-order valence-corrected chi connectivity index (χ3v) is 8.30. The van der Waals surface area contributed by atoms with Crippen LogP contribution in [0.25, 0.3) is 10.8 Å². The maximum atomic E-state index is 13.2. The zero-order valence-electron chi connectivity index (χ0n) is 21.7. The first-order chi connectivity index (χ1) is 18.5. The average molecular weight is 516 g/mol. The first-order valence-corrected chi connectivity index (χ1v) is 13.5. The van der Waals surface area contributed by atoms with E-state index in [2.05, 4.69) is 26.5 Å². The van der Waals surface area contributed by atoms with E-state index < -0.39 is 11.6 Å². The van der Waals surface area contributed by atoms with Gasteiger partial charge in [-0.05, 0) is 49.6 Å². The van der Waals surface area contributed by atoms with Crippen molar-refractivity contribution >= 4 is 23.0 Å². The number of hydrogen-bond acceptors (Lipinski definition) is 7. The lowest BCUT2D eigenvalue weighted by atomic mass is 9.94. The second-order valence-corrected chi connectivity index (χ2v) is 10.8. The summed E-state index contributed by atoms with van der Waals surface area (Å²) in [5.74, 6) is 0.954. The number of amides is 1. The molecule has 0 saturated carbocycles. The summed E-state index contributed by atoms with van der Waals surface area (Å²) in [4.78, 5) is 42.0. The molecule has 9 heteroatoms. The minimum absolute atomic E-state index is 0.157. The minimum atomic E-state index is -0.477. The molecule has 2 atom stereocenters. The Morgan fingerprint density at radius 2 is 1.97 bits per heavy atom. The lowest BCUT2D eigenvalue weighted by Gasteiger charge is -2.40. The van der Waals surface area contributed by atoms with Crippen LogP contribution >= 0.6 is 0 Å². The standard InChI is InChI=1S/C29H33N5O4/c1-29(8-4-9-30-29)28(37)34-12-10-33(11-13-34)25(18-35)23-16-19(15-20-7-14-38-26(20)23)17-24-21-5-2-3-6-22(21)27(36)32-31-24/h2-3,5-6,15-16,18,25,30H,4,7-14,17H2,1H3,(H,32,36). The monoisotopic (exact) mass is 515 g/mol. The van der Waals surface area contributed by atoms with Crippen LogP contribution in [-0.4, -0.2) is 77.1 Å². The Labute approximate surface area is 221 Å². The third kappa shape index (κ3) is 4.39. The lowest BCUT2D eigenvalue weighted by Crippen LogP contribution is -2.58. The number of piperazine rings is 1. The first-order valence-electron chi connectivity index (χ1n) is 13.5. The summed E-state index contributed by atoms with van der Waals surface area (Å²) in [7, 11) is 0. The van der Waals surface area contributed by atoms with Crippen molar-refractivity contribution in [2.45, 2.75) is 44.2 Å². The molecule has 0 aliphatic carbocycles. The van der Waals surface area contributed by atoms with E-state index in [1.54, 1.807) is 6.07 Å². The number of nitrogens with one attached hydrogen (secondary N) is 2. The molecule has 3 aliphatic rings. The minimum Gasteiger partial charge on any atom is -0.493 e. The van der Waals surface area contributed by atoms with Gasteiger partial charge in [0, 0.05) is 50.0 Å². The molecule has 1 aromatic heterocycles. The van der Waals surface area contributed by atoms with Gasteiger partial charge in [0.25, 0.3) is 5.56 Å².